The molecule has 3 heteroatoms. The van der Waals surface area contributed by atoms with Gasteiger partial charge in [-0.2, -0.15) is 0 Å². The number of nitrogens with zero attached hydrogens (tertiary/aromatic N) is 1. The molecule has 0 aromatic heterocycles. The highest BCUT2D eigenvalue weighted by molar-refractivity contribution is 5.89. The first-order valence-electron chi connectivity index (χ1n) is 7.06. The molecule has 0 heterocycles. The third-order valence-corrected chi connectivity index (χ3v) is 3.15. The molecule has 0 unspecified atom stereocenters. The van der Waals surface area contributed by atoms with E-state index in [9.17, 15) is 4.79 Å². The Kier molecular flexibility index (Phi) is 4.88. The SMILES string of the molecule is CC(=O)Nc1ccc(N=Cc2ccc(C(C)C)cc2)cc1. The minimum absolute atomic E-state index is 0.0727. The third kappa shape index (κ3) is 4.56. The molecular weight excluding hydrogens is 260 g/mol. The van der Waals surface area contributed by atoms with Crippen LogP contribution < -0.4 is 5.32 Å². The van der Waals surface area contributed by atoms with E-state index in [1.165, 1.54) is 12.5 Å². The zero-order chi connectivity index (χ0) is 15.2. The van der Waals surface area contributed by atoms with Crippen LogP contribution in [0.1, 0.15) is 37.8 Å². The Morgan fingerprint density at radius 1 is 1.05 bits per heavy atom. The van der Waals surface area contributed by atoms with Gasteiger partial charge in [0.2, 0.25) is 5.91 Å². The number of rotatable bonds is 4. The number of hydrogen-bond acceptors (Lipinski definition) is 2. The van der Waals surface area contributed by atoms with Gasteiger partial charge in [0.1, 0.15) is 0 Å². The highest BCUT2D eigenvalue weighted by atomic mass is 16.1. The quantitative estimate of drug-likeness (QED) is 0.822. The summed E-state index contributed by atoms with van der Waals surface area (Å²) in [5.74, 6) is 0.466. The average molecular weight is 280 g/mol. The summed E-state index contributed by atoms with van der Waals surface area (Å²) >= 11 is 0. The number of carbonyl (C=O) groups excluding carboxylic acids is 1. The monoisotopic (exact) mass is 280 g/mol. The molecule has 3 nitrogen and oxygen atoms in total. The van der Waals surface area contributed by atoms with E-state index < -0.39 is 0 Å². The summed E-state index contributed by atoms with van der Waals surface area (Å²) in [6.45, 7) is 5.85. The van der Waals surface area contributed by atoms with Crippen LogP contribution in [0.2, 0.25) is 0 Å². The molecule has 21 heavy (non-hydrogen) atoms. The summed E-state index contributed by atoms with van der Waals surface area (Å²) in [6.07, 6.45) is 1.84. The molecule has 2 rings (SSSR count). The second-order valence-electron chi connectivity index (χ2n) is 5.31. The molecule has 1 amide bonds. The second kappa shape index (κ2) is 6.84. The van der Waals surface area contributed by atoms with Gasteiger partial charge in [0.05, 0.1) is 5.69 Å². The Labute approximate surface area is 125 Å². The van der Waals surface area contributed by atoms with Crippen LogP contribution in [0.15, 0.2) is 53.5 Å². The minimum atomic E-state index is -0.0727. The van der Waals surface area contributed by atoms with Crippen molar-refractivity contribution < 1.29 is 4.79 Å². The smallest absolute Gasteiger partial charge is 0.221 e. The van der Waals surface area contributed by atoms with E-state index in [0.29, 0.717) is 5.92 Å². The first-order chi connectivity index (χ1) is 10.0. The van der Waals surface area contributed by atoms with E-state index in [1.54, 1.807) is 0 Å². The van der Waals surface area contributed by atoms with Crippen molar-refractivity contribution in [3.63, 3.8) is 0 Å². The van der Waals surface area contributed by atoms with Gasteiger partial charge in [-0.1, -0.05) is 38.1 Å². The van der Waals surface area contributed by atoms with Gasteiger partial charge in [0, 0.05) is 18.8 Å². The molecule has 0 spiro atoms. The molecule has 0 atom stereocenters. The maximum Gasteiger partial charge on any atom is 0.221 e. The second-order valence-corrected chi connectivity index (χ2v) is 5.31. The van der Waals surface area contributed by atoms with Crippen LogP contribution in [0.4, 0.5) is 11.4 Å². The van der Waals surface area contributed by atoms with Crippen LogP contribution in [-0.2, 0) is 4.79 Å². The molecule has 0 saturated heterocycles. The van der Waals surface area contributed by atoms with Gasteiger partial charge < -0.3 is 5.32 Å². The molecule has 0 aliphatic carbocycles. The topological polar surface area (TPSA) is 41.5 Å². The number of aliphatic imine (C=N–C) groups is 1. The lowest BCUT2D eigenvalue weighted by Gasteiger charge is -2.04. The lowest BCUT2D eigenvalue weighted by Crippen LogP contribution is -2.04. The van der Waals surface area contributed by atoms with Gasteiger partial charge in [0.15, 0.2) is 0 Å². The van der Waals surface area contributed by atoms with E-state index in [1.807, 2.05) is 30.5 Å². The van der Waals surface area contributed by atoms with Crippen LogP contribution in [-0.4, -0.2) is 12.1 Å². The Bertz CT molecular complexity index is 625. The Morgan fingerprint density at radius 2 is 1.67 bits per heavy atom. The predicted molar refractivity (Wildman–Crippen MR) is 88.5 cm³/mol. The fourth-order valence-corrected chi connectivity index (χ4v) is 1.95. The van der Waals surface area contributed by atoms with Crippen LogP contribution in [0.3, 0.4) is 0 Å². The molecule has 2 aromatic carbocycles. The summed E-state index contributed by atoms with van der Waals surface area (Å²) < 4.78 is 0. The highest BCUT2D eigenvalue weighted by Gasteiger charge is 1.98. The van der Waals surface area contributed by atoms with Gasteiger partial charge in [0.25, 0.3) is 0 Å². The van der Waals surface area contributed by atoms with Crippen LogP contribution in [0, 0.1) is 0 Å². The number of amides is 1. The molecular formula is C18H20N2O. The summed E-state index contributed by atoms with van der Waals surface area (Å²) in [7, 11) is 0. The van der Waals surface area contributed by atoms with Crippen molar-refractivity contribution in [2.75, 3.05) is 5.32 Å². The van der Waals surface area contributed by atoms with E-state index >= 15 is 0 Å². The first-order valence-corrected chi connectivity index (χ1v) is 7.06. The molecule has 2 aromatic rings. The largest absolute Gasteiger partial charge is 0.326 e. The maximum atomic E-state index is 10.9. The fourth-order valence-electron chi connectivity index (χ4n) is 1.95. The standard InChI is InChI=1S/C18H20N2O/c1-13(2)16-6-4-15(5-7-16)12-19-17-8-10-18(11-9-17)20-14(3)21/h4-13H,1-3H3,(H,20,21). The number of hydrogen-bond donors (Lipinski definition) is 1. The number of nitrogens with one attached hydrogen (secondary N) is 1. The Balaban J connectivity index is 2.05. The van der Waals surface area contributed by atoms with Crippen LogP contribution in [0.25, 0.3) is 0 Å². The van der Waals surface area contributed by atoms with Crippen molar-refractivity contribution in [1.82, 2.24) is 0 Å². The molecule has 108 valence electrons. The molecule has 1 N–H and O–H groups in total. The van der Waals surface area contributed by atoms with Crippen LogP contribution in [0.5, 0.6) is 0 Å². The van der Waals surface area contributed by atoms with Crippen molar-refractivity contribution in [3.05, 3.63) is 59.7 Å². The van der Waals surface area contributed by atoms with Crippen molar-refractivity contribution in [2.45, 2.75) is 26.7 Å². The predicted octanol–water partition coefficient (Wildman–Crippen LogP) is 4.52. The van der Waals surface area contributed by atoms with Gasteiger partial charge >= 0.3 is 0 Å². The maximum absolute atomic E-state index is 10.9. The van der Waals surface area contributed by atoms with Gasteiger partial charge in [-0.25, -0.2) is 0 Å². The number of carbonyl (C=O) groups is 1. The number of anilines is 1. The summed E-state index contributed by atoms with van der Waals surface area (Å²) in [5, 5.41) is 2.73. The lowest BCUT2D eigenvalue weighted by molar-refractivity contribution is -0.114. The van der Waals surface area contributed by atoms with Crippen molar-refractivity contribution in [1.29, 1.82) is 0 Å². The molecule has 0 aliphatic heterocycles. The molecule has 0 saturated carbocycles. The molecule has 0 radical (unpaired) electrons. The molecule has 0 aliphatic rings. The molecule has 0 bridgehead atoms. The fraction of sp³-hybridized carbons (Fsp3) is 0.222. The van der Waals surface area contributed by atoms with Crippen molar-refractivity contribution in [3.8, 4) is 0 Å². The summed E-state index contributed by atoms with van der Waals surface area (Å²) in [4.78, 5) is 15.4. The summed E-state index contributed by atoms with van der Waals surface area (Å²) in [5.41, 5.74) is 4.04. The Hall–Kier alpha value is -2.42. The third-order valence-electron chi connectivity index (χ3n) is 3.15. The molecule has 0 fully saturated rings. The van der Waals surface area contributed by atoms with E-state index in [-0.39, 0.29) is 5.91 Å². The normalized spacial score (nSPS) is 11.0. The Morgan fingerprint density at radius 3 is 2.19 bits per heavy atom. The van der Waals surface area contributed by atoms with Crippen molar-refractivity contribution >= 4 is 23.5 Å². The van der Waals surface area contributed by atoms with Gasteiger partial charge in [-0.3, -0.25) is 9.79 Å². The lowest BCUT2D eigenvalue weighted by atomic mass is 10.0. The van der Waals surface area contributed by atoms with Crippen LogP contribution >= 0.6 is 0 Å². The van der Waals surface area contributed by atoms with Crippen molar-refractivity contribution in [2.24, 2.45) is 4.99 Å². The minimum Gasteiger partial charge on any atom is -0.326 e. The van der Waals surface area contributed by atoms with Gasteiger partial charge in [-0.15, -0.1) is 0 Å². The van der Waals surface area contributed by atoms with E-state index in [0.717, 1.165) is 16.9 Å². The average Bonchev–Trinajstić information content (AvgIpc) is 2.46. The first kappa shape index (κ1) is 15.0. The number of benzene rings is 2. The zero-order valence-electron chi connectivity index (χ0n) is 12.6. The van der Waals surface area contributed by atoms with Gasteiger partial charge in [-0.05, 0) is 41.3 Å². The van der Waals surface area contributed by atoms with E-state index in [2.05, 4.69) is 48.4 Å². The zero-order valence-corrected chi connectivity index (χ0v) is 12.6. The summed E-state index contributed by atoms with van der Waals surface area (Å²) in [6, 6.07) is 15.9. The highest BCUT2D eigenvalue weighted by Crippen LogP contribution is 2.17. The van der Waals surface area contributed by atoms with E-state index in [4.69, 9.17) is 0 Å².